The van der Waals surface area contributed by atoms with Crippen molar-refractivity contribution in [1.82, 2.24) is 0 Å². The fourth-order valence-electron chi connectivity index (χ4n) is 2.85. The molecule has 0 spiro atoms. The number of ether oxygens (including phenoxy) is 1. The molecule has 1 aliphatic rings. The van der Waals surface area contributed by atoms with Crippen LogP contribution in [0.25, 0.3) is 0 Å². The summed E-state index contributed by atoms with van der Waals surface area (Å²) >= 11 is 0. The first-order valence-electron chi connectivity index (χ1n) is 6.85. The van der Waals surface area contributed by atoms with E-state index in [1.54, 1.807) is 25.3 Å². The third-order valence-electron chi connectivity index (χ3n) is 3.87. The van der Waals surface area contributed by atoms with E-state index < -0.39 is 0 Å². The molecule has 1 aliphatic carbocycles. The van der Waals surface area contributed by atoms with Gasteiger partial charge in [-0.05, 0) is 48.2 Å². The van der Waals surface area contributed by atoms with Gasteiger partial charge in [0.1, 0.15) is 17.6 Å². The summed E-state index contributed by atoms with van der Waals surface area (Å²) in [4.78, 5) is 0. The number of rotatable bonds is 3. The molecule has 0 heterocycles. The molecule has 4 heteroatoms. The summed E-state index contributed by atoms with van der Waals surface area (Å²) in [7, 11) is 1.58. The smallest absolute Gasteiger partial charge is 0.143 e. The first kappa shape index (κ1) is 13.4. The van der Waals surface area contributed by atoms with E-state index in [1.807, 2.05) is 12.1 Å². The first-order chi connectivity index (χ1) is 10.2. The van der Waals surface area contributed by atoms with Crippen molar-refractivity contribution < 1.29 is 9.13 Å². The summed E-state index contributed by atoms with van der Waals surface area (Å²) in [6.07, 6.45) is 1.71. The summed E-state index contributed by atoms with van der Waals surface area (Å²) < 4.78 is 18.6. The van der Waals surface area contributed by atoms with Crippen LogP contribution in [-0.4, -0.2) is 7.11 Å². The Morgan fingerprint density at radius 3 is 2.95 bits per heavy atom. The monoisotopic (exact) mass is 282 g/mol. The molecule has 3 rings (SSSR count). The topological polar surface area (TPSA) is 45.0 Å². The van der Waals surface area contributed by atoms with Crippen molar-refractivity contribution in [2.24, 2.45) is 0 Å². The quantitative estimate of drug-likeness (QED) is 0.931. The number of hydrogen-bond acceptors (Lipinski definition) is 3. The molecule has 0 bridgehead atoms. The zero-order chi connectivity index (χ0) is 14.8. The van der Waals surface area contributed by atoms with Crippen molar-refractivity contribution >= 4 is 5.69 Å². The molecule has 2 aromatic carbocycles. The molecular weight excluding hydrogens is 267 g/mol. The third-order valence-corrected chi connectivity index (χ3v) is 3.87. The molecule has 0 aromatic heterocycles. The minimum Gasteiger partial charge on any atom is -0.495 e. The average Bonchev–Trinajstić information content (AvgIpc) is 2.89. The van der Waals surface area contributed by atoms with Gasteiger partial charge in [0.25, 0.3) is 0 Å². The summed E-state index contributed by atoms with van der Waals surface area (Å²) in [5, 5.41) is 12.6. The van der Waals surface area contributed by atoms with Crippen LogP contribution in [0.4, 0.5) is 10.1 Å². The van der Waals surface area contributed by atoms with Gasteiger partial charge in [0, 0.05) is 0 Å². The maximum absolute atomic E-state index is 13.3. The molecule has 0 amide bonds. The molecule has 1 atom stereocenters. The molecule has 106 valence electrons. The Morgan fingerprint density at radius 2 is 2.19 bits per heavy atom. The highest BCUT2D eigenvalue weighted by Gasteiger charge is 2.24. The SMILES string of the molecule is COc1cccc(C#N)c1NC1CCc2cc(F)ccc21. The highest BCUT2D eigenvalue weighted by atomic mass is 19.1. The van der Waals surface area contributed by atoms with Crippen LogP contribution in [0.3, 0.4) is 0 Å². The Kier molecular flexibility index (Phi) is 3.49. The number of aryl methyl sites for hydroxylation is 1. The molecule has 2 aromatic rings. The molecule has 0 radical (unpaired) electrons. The average molecular weight is 282 g/mol. The largest absolute Gasteiger partial charge is 0.495 e. The lowest BCUT2D eigenvalue weighted by Gasteiger charge is -2.19. The number of nitrogens with one attached hydrogen (secondary N) is 1. The van der Waals surface area contributed by atoms with Crippen LogP contribution in [-0.2, 0) is 6.42 Å². The minimum atomic E-state index is -0.204. The molecule has 0 fully saturated rings. The second-order valence-corrected chi connectivity index (χ2v) is 5.07. The number of anilines is 1. The van der Waals surface area contributed by atoms with Gasteiger partial charge in [0.2, 0.25) is 0 Å². The fourth-order valence-corrected chi connectivity index (χ4v) is 2.85. The van der Waals surface area contributed by atoms with Gasteiger partial charge in [-0.1, -0.05) is 12.1 Å². The van der Waals surface area contributed by atoms with Gasteiger partial charge in [-0.2, -0.15) is 5.26 Å². The second kappa shape index (κ2) is 5.45. The van der Waals surface area contributed by atoms with E-state index in [9.17, 15) is 9.65 Å². The molecule has 0 saturated heterocycles. The van der Waals surface area contributed by atoms with E-state index in [-0.39, 0.29) is 11.9 Å². The van der Waals surface area contributed by atoms with Gasteiger partial charge in [-0.15, -0.1) is 0 Å². The minimum absolute atomic E-state index is 0.0731. The van der Waals surface area contributed by atoms with E-state index in [1.165, 1.54) is 6.07 Å². The normalized spacial score (nSPS) is 16.1. The fraction of sp³-hybridized carbons (Fsp3) is 0.235. The van der Waals surface area contributed by atoms with Crippen molar-refractivity contribution in [2.75, 3.05) is 12.4 Å². The summed E-state index contributed by atoms with van der Waals surface area (Å²) in [6.45, 7) is 0. The Balaban J connectivity index is 1.95. The Morgan fingerprint density at radius 1 is 1.33 bits per heavy atom. The molecule has 0 saturated carbocycles. The third kappa shape index (κ3) is 2.43. The lowest BCUT2D eigenvalue weighted by atomic mass is 10.1. The van der Waals surface area contributed by atoms with E-state index >= 15 is 0 Å². The van der Waals surface area contributed by atoms with E-state index in [0.29, 0.717) is 17.0 Å². The van der Waals surface area contributed by atoms with Gasteiger partial charge in [0.15, 0.2) is 0 Å². The first-order valence-corrected chi connectivity index (χ1v) is 6.85. The van der Waals surface area contributed by atoms with Crippen molar-refractivity contribution in [3.8, 4) is 11.8 Å². The molecule has 0 aliphatic heterocycles. The van der Waals surface area contributed by atoms with Gasteiger partial charge >= 0.3 is 0 Å². The number of nitrogens with zero attached hydrogens (tertiary/aromatic N) is 1. The Hall–Kier alpha value is -2.54. The second-order valence-electron chi connectivity index (χ2n) is 5.07. The highest BCUT2D eigenvalue weighted by molar-refractivity contribution is 5.67. The van der Waals surface area contributed by atoms with E-state index in [4.69, 9.17) is 4.74 Å². The van der Waals surface area contributed by atoms with Crippen LogP contribution in [0.2, 0.25) is 0 Å². The zero-order valence-corrected chi connectivity index (χ0v) is 11.7. The van der Waals surface area contributed by atoms with Crippen LogP contribution in [0.15, 0.2) is 36.4 Å². The van der Waals surface area contributed by atoms with Crippen LogP contribution < -0.4 is 10.1 Å². The molecule has 3 nitrogen and oxygen atoms in total. The molecular formula is C17H15FN2O. The van der Waals surface area contributed by atoms with Gasteiger partial charge in [0.05, 0.1) is 24.4 Å². The van der Waals surface area contributed by atoms with Crippen molar-refractivity contribution in [2.45, 2.75) is 18.9 Å². The summed E-state index contributed by atoms with van der Waals surface area (Å²) in [5.41, 5.74) is 3.36. The number of nitriles is 1. The van der Waals surface area contributed by atoms with Crippen LogP contribution in [0, 0.1) is 17.1 Å². The van der Waals surface area contributed by atoms with Crippen LogP contribution >= 0.6 is 0 Å². The van der Waals surface area contributed by atoms with Gasteiger partial charge in [-0.3, -0.25) is 0 Å². The van der Waals surface area contributed by atoms with Gasteiger partial charge in [-0.25, -0.2) is 4.39 Å². The number of fused-ring (bicyclic) bond motifs is 1. The lowest BCUT2D eigenvalue weighted by molar-refractivity contribution is 0.416. The maximum Gasteiger partial charge on any atom is 0.143 e. The van der Waals surface area contributed by atoms with Crippen LogP contribution in [0.5, 0.6) is 5.75 Å². The maximum atomic E-state index is 13.3. The molecule has 1 N–H and O–H groups in total. The standard InChI is InChI=1S/C17H15FN2O/c1-21-16-4-2-3-12(10-19)17(16)20-15-8-5-11-9-13(18)6-7-14(11)15/h2-4,6-7,9,15,20H,5,8H2,1H3. The number of para-hydroxylation sites is 1. The van der Waals surface area contributed by atoms with Crippen molar-refractivity contribution in [3.05, 3.63) is 58.9 Å². The van der Waals surface area contributed by atoms with Crippen LogP contribution in [0.1, 0.15) is 29.2 Å². The van der Waals surface area contributed by atoms with Crippen molar-refractivity contribution in [1.29, 1.82) is 5.26 Å². The zero-order valence-electron chi connectivity index (χ0n) is 11.7. The van der Waals surface area contributed by atoms with Gasteiger partial charge < -0.3 is 10.1 Å². The Labute approximate surface area is 123 Å². The lowest BCUT2D eigenvalue weighted by Crippen LogP contribution is -2.09. The van der Waals surface area contributed by atoms with E-state index in [2.05, 4.69) is 11.4 Å². The van der Waals surface area contributed by atoms with Crippen molar-refractivity contribution in [3.63, 3.8) is 0 Å². The summed E-state index contributed by atoms with van der Waals surface area (Å²) in [6, 6.07) is 12.5. The number of halogens is 1. The molecule has 21 heavy (non-hydrogen) atoms. The predicted octanol–water partition coefficient (Wildman–Crippen LogP) is 3.81. The molecule has 1 unspecified atom stereocenters. The Bertz CT molecular complexity index is 721. The number of benzene rings is 2. The predicted molar refractivity (Wildman–Crippen MR) is 78.8 cm³/mol. The highest BCUT2D eigenvalue weighted by Crippen LogP contribution is 2.37. The van der Waals surface area contributed by atoms with E-state index in [0.717, 1.165) is 24.0 Å². The number of hydrogen-bond donors (Lipinski definition) is 1. The number of methoxy groups -OCH3 is 1. The summed E-state index contributed by atoms with van der Waals surface area (Å²) in [5.74, 6) is 0.439.